The highest BCUT2D eigenvalue weighted by Gasteiger charge is 2.29. The second-order valence-electron chi connectivity index (χ2n) is 8.40. The summed E-state index contributed by atoms with van der Waals surface area (Å²) in [7, 11) is 1.96. The number of nitrogens with two attached hydrogens (primary N) is 1. The standard InChI is InChI=1S/C22H33N5O/c1-16(2)28-20-10-5-4-9-19(20)27-13-11-26(12-14-27)15-18-21(17-7-6-8-17)24-25(3)22(18)23/h4-5,9-10,16-17H,6-8,11-15,23H2,1-3H3. The van der Waals surface area contributed by atoms with Crippen LogP contribution in [0.5, 0.6) is 5.75 Å². The molecule has 0 amide bonds. The van der Waals surface area contributed by atoms with Crippen LogP contribution in [0.25, 0.3) is 0 Å². The van der Waals surface area contributed by atoms with Gasteiger partial charge in [0.25, 0.3) is 0 Å². The van der Waals surface area contributed by atoms with E-state index in [0.29, 0.717) is 5.92 Å². The fourth-order valence-corrected chi connectivity index (χ4v) is 4.22. The number of para-hydroxylation sites is 2. The predicted molar refractivity (Wildman–Crippen MR) is 114 cm³/mol. The average molecular weight is 384 g/mol. The average Bonchev–Trinajstić information content (AvgIpc) is 2.89. The monoisotopic (exact) mass is 383 g/mol. The third-order valence-corrected chi connectivity index (χ3v) is 6.04. The number of hydrogen-bond donors (Lipinski definition) is 1. The van der Waals surface area contributed by atoms with Crippen LogP contribution >= 0.6 is 0 Å². The summed E-state index contributed by atoms with van der Waals surface area (Å²) in [6.07, 6.45) is 4.01. The summed E-state index contributed by atoms with van der Waals surface area (Å²) in [4.78, 5) is 4.95. The van der Waals surface area contributed by atoms with Crippen LogP contribution in [0.15, 0.2) is 24.3 Å². The Labute approximate surface area is 168 Å². The molecule has 4 rings (SSSR count). The SMILES string of the molecule is CC(C)Oc1ccccc1N1CCN(Cc2c(C3CCC3)nn(C)c2N)CC1. The summed E-state index contributed by atoms with van der Waals surface area (Å²) >= 11 is 0. The molecule has 6 heteroatoms. The van der Waals surface area contributed by atoms with Gasteiger partial charge in [0.1, 0.15) is 11.6 Å². The van der Waals surface area contributed by atoms with Gasteiger partial charge in [-0.25, -0.2) is 0 Å². The van der Waals surface area contributed by atoms with E-state index in [9.17, 15) is 0 Å². The molecule has 2 fully saturated rings. The minimum Gasteiger partial charge on any atom is -0.489 e. The van der Waals surface area contributed by atoms with Crippen molar-refractivity contribution in [3.8, 4) is 5.75 Å². The quantitative estimate of drug-likeness (QED) is 0.829. The number of piperazine rings is 1. The fraction of sp³-hybridized carbons (Fsp3) is 0.591. The maximum absolute atomic E-state index is 6.37. The highest BCUT2D eigenvalue weighted by Crippen LogP contribution is 2.39. The van der Waals surface area contributed by atoms with Crippen LogP contribution in [0.4, 0.5) is 11.5 Å². The number of ether oxygens (including phenoxy) is 1. The Morgan fingerprint density at radius 2 is 1.86 bits per heavy atom. The summed E-state index contributed by atoms with van der Waals surface area (Å²) in [6.45, 7) is 9.10. The Hall–Kier alpha value is -2.21. The first-order valence-electron chi connectivity index (χ1n) is 10.6. The molecule has 1 aromatic carbocycles. The Balaban J connectivity index is 1.42. The van der Waals surface area contributed by atoms with Gasteiger partial charge in [0, 0.05) is 51.3 Å². The summed E-state index contributed by atoms with van der Waals surface area (Å²) in [5, 5.41) is 4.74. The summed E-state index contributed by atoms with van der Waals surface area (Å²) in [6, 6.07) is 8.38. The molecule has 0 radical (unpaired) electrons. The van der Waals surface area contributed by atoms with Gasteiger partial charge in [-0.3, -0.25) is 9.58 Å². The second-order valence-corrected chi connectivity index (χ2v) is 8.40. The highest BCUT2D eigenvalue weighted by molar-refractivity contribution is 5.58. The topological polar surface area (TPSA) is 59.5 Å². The third-order valence-electron chi connectivity index (χ3n) is 6.04. The van der Waals surface area contributed by atoms with Crippen LogP contribution in [0.2, 0.25) is 0 Å². The van der Waals surface area contributed by atoms with Gasteiger partial charge in [-0.1, -0.05) is 18.6 Å². The maximum atomic E-state index is 6.37. The van der Waals surface area contributed by atoms with E-state index < -0.39 is 0 Å². The third kappa shape index (κ3) is 3.83. The van der Waals surface area contributed by atoms with Gasteiger partial charge < -0.3 is 15.4 Å². The molecular weight excluding hydrogens is 350 g/mol. The first kappa shape index (κ1) is 19.1. The number of nitrogens with zero attached hydrogens (tertiary/aromatic N) is 4. The molecular formula is C22H33N5O. The van der Waals surface area contributed by atoms with Crippen molar-refractivity contribution in [3.63, 3.8) is 0 Å². The molecule has 0 bridgehead atoms. The molecule has 1 aliphatic heterocycles. The maximum Gasteiger partial charge on any atom is 0.142 e. The van der Waals surface area contributed by atoms with E-state index in [4.69, 9.17) is 15.6 Å². The zero-order chi connectivity index (χ0) is 19.7. The van der Waals surface area contributed by atoms with Crippen molar-refractivity contribution in [3.05, 3.63) is 35.5 Å². The van der Waals surface area contributed by atoms with Crippen molar-refractivity contribution in [1.82, 2.24) is 14.7 Å². The smallest absolute Gasteiger partial charge is 0.142 e. The Morgan fingerprint density at radius 1 is 1.14 bits per heavy atom. The minimum atomic E-state index is 0.181. The molecule has 0 unspecified atom stereocenters. The molecule has 0 atom stereocenters. The van der Waals surface area contributed by atoms with Crippen LogP contribution in [0.3, 0.4) is 0 Å². The van der Waals surface area contributed by atoms with Gasteiger partial charge in [0.2, 0.25) is 0 Å². The Morgan fingerprint density at radius 3 is 2.50 bits per heavy atom. The molecule has 2 aromatic rings. The number of nitrogen functional groups attached to an aromatic ring is 1. The first-order chi connectivity index (χ1) is 13.5. The Bertz CT molecular complexity index is 803. The van der Waals surface area contributed by atoms with E-state index >= 15 is 0 Å². The summed E-state index contributed by atoms with van der Waals surface area (Å²) < 4.78 is 7.88. The summed E-state index contributed by atoms with van der Waals surface area (Å²) in [5.41, 5.74) is 10.1. The van der Waals surface area contributed by atoms with Gasteiger partial charge >= 0.3 is 0 Å². The van der Waals surface area contributed by atoms with Crippen molar-refractivity contribution in [2.24, 2.45) is 7.05 Å². The number of aromatic nitrogens is 2. The summed E-state index contributed by atoms with van der Waals surface area (Å²) in [5.74, 6) is 2.43. The highest BCUT2D eigenvalue weighted by atomic mass is 16.5. The molecule has 28 heavy (non-hydrogen) atoms. The number of aryl methyl sites for hydroxylation is 1. The van der Waals surface area contributed by atoms with Gasteiger partial charge in [-0.05, 0) is 38.8 Å². The lowest BCUT2D eigenvalue weighted by Crippen LogP contribution is -2.46. The lowest BCUT2D eigenvalue weighted by atomic mass is 9.81. The molecule has 2 aliphatic rings. The van der Waals surface area contributed by atoms with Gasteiger partial charge in [0.05, 0.1) is 17.5 Å². The van der Waals surface area contributed by atoms with Gasteiger partial charge in [-0.15, -0.1) is 0 Å². The number of rotatable bonds is 6. The van der Waals surface area contributed by atoms with E-state index in [0.717, 1.165) is 44.3 Å². The number of benzene rings is 1. The number of anilines is 2. The lowest BCUT2D eigenvalue weighted by molar-refractivity contribution is 0.235. The normalized spacial score (nSPS) is 18.5. The van der Waals surface area contributed by atoms with Crippen molar-refractivity contribution < 1.29 is 4.74 Å². The van der Waals surface area contributed by atoms with Crippen LogP contribution in [0.1, 0.15) is 50.3 Å². The second kappa shape index (κ2) is 8.03. The van der Waals surface area contributed by atoms with Crippen LogP contribution in [-0.4, -0.2) is 47.0 Å². The molecule has 152 valence electrons. The lowest BCUT2D eigenvalue weighted by Gasteiger charge is -2.37. The van der Waals surface area contributed by atoms with E-state index in [1.54, 1.807) is 0 Å². The van der Waals surface area contributed by atoms with Crippen LogP contribution in [0, 0.1) is 0 Å². The van der Waals surface area contributed by atoms with Crippen LogP contribution in [-0.2, 0) is 13.6 Å². The largest absolute Gasteiger partial charge is 0.489 e. The minimum absolute atomic E-state index is 0.181. The molecule has 1 saturated carbocycles. The molecule has 1 aliphatic carbocycles. The van der Waals surface area contributed by atoms with Crippen molar-refractivity contribution in [2.75, 3.05) is 36.8 Å². The zero-order valence-electron chi connectivity index (χ0n) is 17.4. The van der Waals surface area contributed by atoms with E-state index in [-0.39, 0.29) is 6.10 Å². The van der Waals surface area contributed by atoms with E-state index in [2.05, 4.69) is 41.8 Å². The molecule has 2 N–H and O–H groups in total. The van der Waals surface area contributed by atoms with Crippen molar-refractivity contribution in [2.45, 2.75) is 51.7 Å². The molecule has 0 spiro atoms. The van der Waals surface area contributed by atoms with Crippen LogP contribution < -0.4 is 15.4 Å². The Kier molecular flexibility index (Phi) is 5.49. The van der Waals surface area contributed by atoms with Crippen molar-refractivity contribution >= 4 is 11.5 Å². The molecule has 1 saturated heterocycles. The van der Waals surface area contributed by atoms with E-state index in [1.807, 2.05) is 17.8 Å². The fourth-order valence-electron chi connectivity index (χ4n) is 4.22. The molecule has 1 aromatic heterocycles. The van der Waals surface area contributed by atoms with Gasteiger partial charge in [-0.2, -0.15) is 5.10 Å². The molecule has 6 nitrogen and oxygen atoms in total. The number of hydrogen-bond acceptors (Lipinski definition) is 5. The zero-order valence-corrected chi connectivity index (χ0v) is 17.4. The van der Waals surface area contributed by atoms with Crippen molar-refractivity contribution in [1.29, 1.82) is 0 Å². The predicted octanol–water partition coefficient (Wildman–Crippen LogP) is 3.38. The molecule has 2 heterocycles. The van der Waals surface area contributed by atoms with Gasteiger partial charge in [0.15, 0.2) is 0 Å². The first-order valence-corrected chi connectivity index (χ1v) is 10.6. The van der Waals surface area contributed by atoms with E-state index in [1.165, 1.54) is 36.2 Å².